The largest absolute Gasteiger partial charge is 0.366 e. The number of rotatable bonds is 3. The molecular weight excluding hydrogens is 305 g/mol. The van der Waals surface area contributed by atoms with E-state index >= 15 is 0 Å². The van der Waals surface area contributed by atoms with E-state index in [1.807, 2.05) is 0 Å². The van der Waals surface area contributed by atoms with E-state index in [0.717, 1.165) is 17.6 Å². The van der Waals surface area contributed by atoms with Crippen molar-refractivity contribution in [3.05, 3.63) is 42.6 Å². The molecule has 2 heterocycles. The Labute approximate surface area is 139 Å². The lowest BCUT2D eigenvalue weighted by atomic mass is 9.86. The summed E-state index contributed by atoms with van der Waals surface area (Å²) >= 11 is 0. The first-order valence-corrected chi connectivity index (χ1v) is 8.44. The molecule has 0 spiro atoms. The summed E-state index contributed by atoms with van der Waals surface area (Å²) in [4.78, 5) is 8.71. The number of nitrogens with zero attached hydrogens (tertiary/aromatic N) is 4. The molecule has 3 aromatic rings. The van der Waals surface area contributed by atoms with Crippen molar-refractivity contribution >= 4 is 16.9 Å². The smallest absolute Gasteiger partial charge is 0.168 e. The molecule has 2 aromatic heterocycles. The van der Waals surface area contributed by atoms with Crippen LogP contribution in [0.3, 0.4) is 0 Å². The first-order chi connectivity index (χ1) is 11.7. The zero-order valence-electron chi connectivity index (χ0n) is 13.6. The van der Waals surface area contributed by atoms with Gasteiger partial charge in [0.05, 0.1) is 11.6 Å². The second kappa shape index (κ2) is 6.19. The monoisotopic (exact) mass is 325 g/mol. The molecule has 24 heavy (non-hydrogen) atoms. The van der Waals surface area contributed by atoms with Crippen LogP contribution in [0, 0.1) is 11.7 Å². The van der Waals surface area contributed by atoms with Crippen molar-refractivity contribution in [2.24, 2.45) is 5.92 Å². The van der Waals surface area contributed by atoms with Gasteiger partial charge in [0.15, 0.2) is 5.65 Å². The Bertz CT molecular complexity index is 859. The first kappa shape index (κ1) is 15.1. The molecule has 2 unspecified atom stereocenters. The van der Waals surface area contributed by atoms with Gasteiger partial charge < -0.3 is 5.32 Å². The molecule has 0 amide bonds. The maximum absolute atomic E-state index is 14.1. The summed E-state index contributed by atoms with van der Waals surface area (Å²) in [5, 5.41) is 8.71. The van der Waals surface area contributed by atoms with Crippen LogP contribution in [0.2, 0.25) is 0 Å². The minimum Gasteiger partial charge on any atom is -0.366 e. The van der Waals surface area contributed by atoms with Crippen LogP contribution in [0.5, 0.6) is 0 Å². The van der Waals surface area contributed by atoms with Gasteiger partial charge in [0.25, 0.3) is 0 Å². The van der Waals surface area contributed by atoms with Crippen LogP contribution in [0.25, 0.3) is 16.7 Å². The van der Waals surface area contributed by atoms with Gasteiger partial charge in [0.1, 0.15) is 23.6 Å². The molecule has 0 bridgehead atoms. The number of halogens is 1. The van der Waals surface area contributed by atoms with Gasteiger partial charge in [-0.15, -0.1) is 0 Å². The van der Waals surface area contributed by atoms with E-state index in [4.69, 9.17) is 0 Å². The maximum Gasteiger partial charge on any atom is 0.168 e. The van der Waals surface area contributed by atoms with E-state index in [0.29, 0.717) is 23.3 Å². The van der Waals surface area contributed by atoms with E-state index in [1.54, 1.807) is 24.4 Å². The van der Waals surface area contributed by atoms with Crippen molar-refractivity contribution in [3.63, 3.8) is 0 Å². The molecule has 1 aliphatic rings. The van der Waals surface area contributed by atoms with E-state index in [9.17, 15) is 4.39 Å². The molecule has 2 atom stereocenters. The van der Waals surface area contributed by atoms with Gasteiger partial charge in [-0.2, -0.15) is 5.10 Å². The van der Waals surface area contributed by atoms with Crippen molar-refractivity contribution in [3.8, 4) is 5.69 Å². The number of nitrogens with one attached hydrogen (secondary N) is 1. The van der Waals surface area contributed by atoms with Crippen LogP contribution in [0.1, 0.15) is 32.6 Å². The van der Waals surface area contributed by atoms with E-state index in [-0.39, 0.29) is 5.82 Å². The highest BCUT2D eigenvalue weighted by atomic mass is 19.1. The summed E-state index contributed by atoms with van der Waals surface area (Å²) in [6.07, 6.45) is 8.14. The van der Waals surface area contributed by atoms with Gasteiger partial charge in [0.2, 0.25) is 0 Å². The zero-order valence-corrected chi connectivity index (χ0v) is 13.6. The van der Waals surface area contributed by atoms with Gasteiger partial charge in [-0.25, -0.2) is 19.0 Å². The second-order valence-corrected chi connectivity index (χ2v) is 6.48. The molecule has 4 rings (SSSR count). The fraction of sp³-hybridized carbons (Fsp3) is 0.389. The number of fused-ring (bicyclic) bond motifs is 1. The Kier molecular flexibility index (Phi) is 3.88. The molecule has 6 heteroatoms. The fourth-order valence-electron chi connectivity index (χ4n) is 3.47. The lowest BCUT2D eigenvalue weighted by molar-refractivity contribution is 0.349. The summed E-state index contributed by atoms with van der Waals surface area (Å²) < 4.78 is 15.6. The molecule has 1 aliphatic carbocycles. The molecule has 1 aromatic carbocycles. The summed E-state index contributed by atoms with van der Waals surface area (Å²) in [7, 11) is 0. The topological polar surface area (TPSA) is 55.6 Å². The average molecular weight is 325 g/mol. The van der Waals surface area contributed by atoms with Gasteiger partial charge >= 0.3 is 0 Å². The first-order valence-electron chi connectivity index (χ1n) is 8.44. The molecule has 0 aliphatic heterocycles. The van der Waals surface area contributed by atoms with Crippen molar-refractivity contribution in [2.75, 3.05) is 5.32 Å². The van der Waals surface area contributed by atoms with E-state index in [2.05, 4.69) is 27.3 Å². The summed E-state index contributed by atoms with van der Waals surface area (Å²) in [6, 6.07) is 6.98. The Hall–Kier alpha value is -2.50. The Balaban J connectivity index is 1.73. The highest BCUT2D eigenvalue weighted by Crippen LogP contribution is 2.29. The SMILES string of the molecule is CC1CCCCC1Nc1ncnc2c1cnn2-c1ccccc1F. The van der Waals surface area contributed by atoms with Crippen LogP contribution in [-0.4, -0.2) is 25.8 Å². The Morgan fingerprint density at radius 3 is 2.83 bits per heavy atom. The van der Waals surface area contributed by atoms with Crippen molar-refractivity contribution < 1.29 is 4.39 Å². The lowest BCUT2D eigenvalue weighted by Gasteiger charge is -2.30. The number of hydrogen-bond donors (Lipinski definition) is 1. The molecule has 1 saturated carbocycles. The van der Waals surface area contributed by atoms with Crippen LogP contribution in [0.4, 0.5) is 10.2 Å². The fourth-order valence-corrected chi connectivity index (χ4v) is 3.47. The lowest BCUT2D eigenvalue weighted by Crippen LogP contribution is -2.30. The molecule has 0 radical (unpaired) electrons. The van der Waals surface area contributed by atoms with Gasteiger partial charge in [-0.05, 0) is 30.9 Å². The standard InChI is InChI=1S/C18H20FN5/c1-12-6-2-4-8-15(12)23-17-13-10-22-24(18(13)21-11-20-17)16-9-5-3-7-14(16)19/h3,5,7,9-12,15H,2,4,6,8H2,1H3,(H,20,21,23). The van der Waals surface area contributed by atoms with Crippen LogP contribution in [0.15, 0.2) is 36.8 Å². The molecular formula is C18H20FN5. The molecule has 1 N–H and O–H groups in total. The number of para-hydroxylation sites is 1. The van der Waals surface area contributed by atoms with Gasteiger partial charge in [-0.3, -0.25) is 0 Å². The highest BCUT2D eigenvalue weighted by molar-refractivity contribution is 5.87. The van der Waals surface area contributed by atoms with E-state index in [1.165, 1.54) is 36.3 Å². The van der Waals surface area contributed by atoms with Gasteiger partial charge in [0, 0.05) is 6.04 Å². The van der Waals surface area contributed by atoms with Gasteiger partial charge in [-0.1, -0.05) is 31.9 Å². The number of benzene rings is 1. The van der Waals surface area contributed by atoms with Crippen molar-refractivity contribution in [1.82, 2.24) is 19.7 Å². The predicted octanol–water partition coefficient (Wildman–Crippen LogP) is 3.95. The van der Waals surface area contributed by atoms with Crippen LogP contribution < -0.4 is 5.32 Å². The number of aromatic nitrogens is 4. The highest BCUT2D eigenvalue weighted by Gasteiger charge is 2.23. The summed E-state index contributed by atoms with van der Waals surface area (Å²) in [6.45, 7) is 2.28. The summed E-state index contributed by atoms with van der Waals surface area (Å²) in [5.74, 6) is 1.07. The van der Waals surface area contributed by atoms with Crippen LogP contribution in [-0.2, 0) is 0 Å². The number of hydrogen-bond acceptors (Lipinski definition) is 4. The molecule has 0 saturated heterocycles. The average Bonchev–Trinajstić information content (AvgIpc) is 3.02. The molecule has 1 fully saturated rings. The second-order valence-electron chi connectivity index (χ2n) is 6.48. The third-order valence-corrected chi connectivity index (χ3v) is 4.88. The third kappa shape index (κ3) is 2.62. The zero-order chi connectivity index (χ0) is 16.5. The summed E-state index contributed by atoms with van der Waals surface area (Å²) in [5.41, 5.74) is 1.00. The van der Waals surface area contributed by atoms with Crippen molar-refractivity contribution in [2.45, 2.75) is 38.6 Å². The van der Waals surface area contributed by atoms with Crippen molar-refractivity contribution in [1.29, 1.82) is 0 Å². The normalized spacial score (nSPS) is 21.1. The number of anilines is 1. The Morgan fingerprint density at radius 1 is 1.17 bits per heavy atom. The van der Waals surface area contributed by atoms with E-state index < -0.39 is 0 Å². The molecule has 5 nitrogen and oxygen atoms in total. The minimum absolute atomic E-state index is 0.323. The quantitative estimate of drug-likeness (QED) is 0.792. The van der Waals surface area contributed by atoms with Crippen LogP contribution >= 0.6 is 0 Å². The maximum atomic E-state index is 14.1. The minimum atomic E-state index is -0.323. The third-order valence-electron chi connectivity index (χ3n) is 4.88. The predicted molar refractivity (Wildman–Crippen MR) is 91.7 cm³/mol. The molecule has 124 valence electrons. The Morgan fingerprint density at radius 2 is 2.00 bits per heavy atom.